The minimum Gasteiger partial charge on any atom is -0.469 e. The maximum atomic E-state index is 12.3. The summed E-state index contributed by atoms with van der Waals surface area (Å²) in [5.41, 5.74) is -1.66. The lowest BCUT2D eigenvalue weighted by molar-refractivity contribution is -0.148. The minimum absolute atomic E-state index is 0.0261. The monoisotopic (exact) mass is 522 g/mol. The highest BCUT2D eigenvalue weighted by molar-refractivity contribution is 5.86. The van der Waals surface area contributed by atoms with Gasteiger partial charge in [-0.05, 0) is 41.5 Å². The predicted molar refractivity (Wildman–Crippen MR) is 127 cm³/mol. The van der Waals surface area contributed by atoms with Crippen LogP contribution in [0.1, 0.15) is 54.4 Å². The molecule has 36 heavy (non-hydrogen) atoms. The van der Waals surface area contributed by atoms with Crippen molar-refractivity contribution in [2.24, 2.45) is 0 Å². The summed E-state index contributed by atoms with van der Waals surface area (Å²) < 4.78 is 30.4. The third-order valence-corrected chi connectivity index (χ3v) is 3.90. The first kappa shape index (κ1) is 33.5. The van der Waals surface area contributed by atoms with Crippen molar-refractivity contribution in [2.45, 2.75) is 71.6 Å². The van der Waals surface area contributed by atoms with Crippen LogP contribution in [-0.2, 0) is 42.8 Å². The third-order valence-electron chi connectivity index (χ3n) is 3.90. The molecule has 0 aromatic carbocycles. The summed E-state index contributed by atoms with van der Waals surface area (Å²) in [6.07, 6.45) is -1.94. The number of hydroxylamine groups is 2. The van der Waals surface area contributed by atoms with Gasteiger partial charge in [0.1, 0.15) is 11.2 Å². The fourth-order valence-corrected chi connectivity index (χ4v) is 2.42. The highest BCUT2D eigenvalue weighted by Crippen LogP contribution is 2.14. The molecule has 0 fully saturated rings. The van der Waals surface area contributed by atoms with Gasteiger partial charge in [-0.2, -0.15) is 0 Å². The number of methoxy groups -OCH3 is 2. The zero-order valence-corrected chi connectivity index (χ0v) is 22.7. The highest BCUT2D eigenvalue weighted by Gasteiger charge is 2.32. The molecule has 13 heteroatoms. The Labute approximate surface area is 212 Å². The SMILES string of the molecule is COC(=O)CC(CC(=O)OC)NCCOCCOCCON(C(=O)OC(C)(C)C)C(=O)OC(C)(C)C. The van der Waals surface area contributed by atoms with Crippen LogP contribution in [0.25, 0.3) is 0 Å². The number of nitrogens with zero attached hydrogens (tertiary/aromatic N) is 1. The van der Waals surface area contributed by atoms with Crippen molar-refractivity contribution < 1.29 is 52.4 Å². The van der Waals surface area contributed by atoms with Gasteiger partial charge in [0, 0.05) is 12.6 Å². The standard InChI is InChI=1S/C23H42N2O11/c1-22(2,3)35-20(28)25(21(29)36-23(4,5)6)34-14-13-33-12-11-32-10-9-24-17(15-18(26)30-7)16-19(27)31-8/h17,24H,9-16H2,1-8H3. The van der Waals surface area contributed by atoms with Gasteiger partial charge in [0.05, 0.1) is 60.1 Å². The molecular formula is C23H42N2O11. The number of rotatable bonds is 15. The summed E-state index contributed by atoms with van der Waals surface area (Å²) in [6.45, 7) is 11.1. The molecule has 0 heterocycles. The molecule has 0 saturated heterocycles. The molecular weight excluding hydrogens is 480 g/mol. The quantitative estimate of drug-likeness (QED) is 0.145. The van der Waals surface area contributed by atoms with Crippen LogP contribution in [0, 0.1) is 0 Å². The Morgan fingerprint density at radius 3 is 1.53 bits per heavy atom. The topological polar surface area (TPSA) is 148 Å². The van der Waals surface area contributed by atoms with E-state index in [2.05, 4.69) is 14.8 Å². The fraction of sp³-hybridized carbons (Fsp3) is 0.826. The number of amides is 2. The van der Waals surface area contributed by atoms with Gasteiger partial charge in [0.25, 0.3) is 0 Å². The molecule has 210 valence electrons. The van der Waals surface area contributed by atoms with Crippen molar-refractivity contribution in [3.63, 3.8) is 0 Å². The largest absolute Gasteiger partial charge is 0.469 e. The summed E-state index contributed by atoms with van der Waals surface area (Å²) >= 11 is 0. The van der Waals surface area contributed by atoms with Gasteiger partial charge in [-0.15, -0.1) is 0 Å². The molecule has 0 atom stereocenters. The summed E-state index contributed by atoms with van der Waals surface area (Å²) in [5, 5.41) is 3.48. The molecule has 0 aromatic heterocycles. The fourth-order valence-electron chi connectivity index (χ4n) is 2.42. The van der Waals surface area contributed by atoms with Crippen LogP contribution < -0.4 is 5.32 Å². The smallest absolute Gasteiger partial charge is 0.444 e. The average molecular weight is 523 g/mol. The number of hydrogen-bond acceptors (Lipinski definition) is 12. The molecule has 2 amide bonds. The maximum absolute atomic E-state index is 12.3. The number of ether oxygens (including phenoxy) is 6. The number of hydrogen-bond donors (Lipinski definition) is 1. The number of imide groups is 1. The van der Waals surface area contributed by atoms with E-state index in [9.17, 15) is 19.2 Å². The van der Waals surface area contributed by atoms with Crippen LogP contribution in [0.2, 0.25) is 0 Å². The third kappa shape index (κ3) is 17.9. The van der Waals surface area contributed by atoms with E-state index in [-0.39, 0.29) is 39.3 Å². The zero-order valence-electron chi connectivity index (χ0n) is 22.7. The molecule has 0 aliphatic heterocycles. The Bertz CT molecular complexity index is 641. The van der Waals surface area contributed by atoms with Gasteiger partial charge in [-0.1, -0.05) is 5.06 Å². The summed E-state index contributed by atoms with van der Waals surface area (Å²) in [4.78, 5) is 52.8. The van der Waals surface area contributed by atoms with Crippen LogP contribution >= 0.6 is 0 Å². The molecule has 0 spiro atoms. The van der Waals surface area contributed by atoms with Gasteiger partial charge < -0.3 is 33.7 Å². The van der Waals surface area contributed by atoms with Crippen molar-refractivity contribution in [1.29, 1.82) is 0 Å². The number of nitrogens with one attached hydrogen (secondary N) is 1. The number of carbonyl (C=O) groups excluding carboxylic acids is 4. The number of esters is 2. The Morgan fingerprint density at radius 1 is 0.694 bits per heavy atom. The lowest BCUT2D eigenvalue weighted by Gasteiger charge is -2.27. The van der Waals surface area contributed by atoms with Gasteiger partial charge in [0.15, 0.2) is 0 Å². The number of carbonyl (C=O) groups is 4. The first-order valence-electron chi connectivity index (χ1n) is 11.6. The first-order valence-corrected chi connectivity index (χ1v) is 11.6. The van der Waals surface area contributed by atoms with Crippen LogP contribution in [0.5, 0.6) is 0 Å². The minimum atomic E-state index is -0.995. The van der Waals surface area contributed by atoms with Crippen molar-refractivity contribution in [3.8, 4) is 0 Å². The van der Waals surface area contributed by atoms with Crippen molar-refractivity contribution >= 4 is 24.1 Å². The molecule has 0 unspecified atom stereocenters. The lowest BCUT2D eigenvalue weighted by Crippen LogP contribution is -2.44. The van der Waals surface area contributed by atoms with E-state index < -0.39 is 41.4 Å². The van der Waals surface area contributed by atoms with Crippen molar-refractivity contribution in [2.75, 3.05) is 53.8 Å². The van der Waals surface area contributed by atoms with Crippen LogP contribution in [0.15, 0.2) is 0 Å². The Morgan fingerprint density at radius 2 is 1.11 bits per heavy atom. The predicted octanol–water partition coefficient (Wildman–Crippen LogP) is 2.21. The summed E-state index contributed by atoms with van der Waals surface area (Å²) in [7, 11) is 2.55. The molecule has 0 rings (SSSR count). The van der Waals surface area contributed by atoms with E-state index in [1.54, 1.807) is 41.5 Å². The highest BCUT2D eigenvalue weighted by atomic mass is 16.8. The normalized spacial score (nSPS) is 11.7. The maximum Gasteiger partial charge on any atom is 0.444 e. The van der Waals surface area contributed by atoms with E-state index in [1.165, 1.54) is 14.2 Å². The summed E-state index contributed by atoms with van der Waals surface area (Å²) in [5.74, 6) is -0.880. The van der Waals surface area contributed by atoms with Crippen molar-refractivity contribution in [1.82, 2.24) is 10.4 Å². The Balaban J connectivity index is 4.29. The van der Waals surface area contributed by atoms with Crippen LogP contribution in [0.3, 0.4) is 0 Å². The van der Waals surface area contributed by atoms with Gasteiger partial charge in [-0.25, -0.2) is 9.59 Å². The van der Waals surface area contributed by atoms with Crippen LogP contribution in [-0.4, -0.2) is 100 Å². The van der Waals surface area contributed by atoms with E-state index in [0.29, 0.717) is 18.2 Å². The summed E-state index contributed by atoms with van der Waals surface area (Å²) in [6, 6.07) is -0.431. The molecule has 0 aliphatic carbocycles. The second kappa shape index (κ2) is 17.1. The van der Waals surface area contributed by atoms with Gasteiger partial charge >= 0.3 is 24.1 Å². The molecule has 0 aliphatic rings. The molecule has 0 aromatic rings. The molecule has 0 saturated carbocycles. The van der Waals surface area contributed by atoms with Gasteiger partial charge in [-0.3, -0.25) is 14.4 Å². The lowest BCUT2D eigenvalue weighted by atomic mass is 10.1. The van der Waals surface area contributed by atoms with Crippen LogP contribution in [0.4, 0.5) is 9.59 Å². The molecule has 1 N–H and O–H groups in total. The Hall–Kier alpha value is -2.48. The second-order valence-corrected chi connectivity index (χ2v) is 9.52. The first-order chi connectivity index (χ1) is 16.7. The zero-order chi connectivity index (χ0) is 27.8. The molecule has 13 nitrogen and oxygen atoms in total. The average Bonchev–Trinajstić information content (AvgIpc) is 2.74. The molecule has 0 bridgehead atoms. The molecule has 0 radical (unpaired) electrons. The Kier molecular flexibility index (Phi) is 15.9. The van der Waals surface area contributed by atoms with E-state index in [4.69, 9.17) is 23.8 Å². The van der Waals surface area contributed by atoms with Crippen molar-refractivity contribution in [3.05, 3.63) is 0 Å². The van der Waals surface area contributed by atoms with Gasteiger partial charge in [0.2, 0.25) is 0 Å². The van der Waals surface area contributed by atoms with E-state index >= 15 is 0 Å². The second-order valence-electron chi connectivity index (χ2n) is 9.52. The van der Waals surface area contributed by atoms with E-state index in [0.717, 1.165) is 0 Å². The van der Waals surface area contributed by atoms with E-state index in [1.807, 2.05) is 0 Å².